The Morgan fingerprint density at radius 3 is 2.86 bits per heavy atom. The van der Waals surface area contributed by atoms with Gasteiger partial charge in [-0.25, -0.2) is 0 Å². The Kier molecular flexibility index (Phi) is 4.26. The van der Waals surface area contributed by atoms with Gasteiger partial charge in [0, 0.05) is 11.3 Å². The van der Waals surface area contributed by atoms with Gasteiger partial charge in [-0.3, -0.25) is 9.48 Å². The molecule has 2 aliphatic rings. The maximum atomic E-state index is 12.1. The van der Waals surface area contributed by atoms with Crippen LogP contribution in [-0.2, 0) is 21.5 Å². The zero-order chi connectivity index (χ0) is 15.7. The molecule has 0 bridgehead atoms. The predicted octanol–water partition coefficient (Wildman–Crippen LogP) is 2.56. The summed E-state index contributed by atoms with van der Waals surface area (Å²) < 4.78 is 7.58. The molecule has 1 aromatic rings. The smallest absolute Gasteiger partial charge is 0.246 e. The summed E-state index contributed by atoms with van der Waals surface area (Å²) in [5.74, 6) is 0.682. The molecule has 0 aliphatic heterocycles. The number of nitrogens with one attached hydrogen (secondary N) is 1. The molecule has 1 atom stereocenters. The van der Waals surface area contributed by atoms with Crippen LogP contribution in [0.25, 0.3) is 0 Å². The van der Waals surface area contributed by atoms with Gasteiger partial charge in [-0.1, -0.05) is 0 Å². The molecule has 2 aliphatic carbocycles. The first kappa shape index (κ1) is 15.5. The highest BCUT2D eigenvalue weighted by molar-refractivity contribution is 5.77. The van der Waals surface area contributed by atoms with Crippen molar-refractivity contribution in [3.63, 3.8) is 0 Å². The largest absolute Gasteiger partial charge is 0.371 e. The number of rotatable bonds is 5. The summed E-state index contributed by atoms with van der Waals surface area (Å²) in [5.41, 5.74) is 2.42. The molecule has 1 fully saturated rings. The number of carbonyl (C=O) groups is 1. The number of amides is 1. The van der Waals surface area contributed by atoms with E-state index in [0.717, 1.165) is 25.9 Å². The normalized spacial score (nSPS) is 21.5. The van der Waals surface area contributed by atoms with E-state index in [-0.39, 0.29) is 24.1 Å². The van der Waals surface area contributed by atoms with E-state index in [1.165, 1.54) is 24.1 Å². The highest BCUT2D eigenvalue weighted by atomic mass is 16.5. The van der Waals surface area contributed by atoms with E-state index in [0.29, 0.717) is 5.92 Å². The number of hydrogen-bond donors (Lipinski definition) is 1. The molecule has 1 amide bonds. The van der Waals surface area contributed by atoms with Gasteiger partial charge in [0.25, 0.3) is 0 Å². The van der Waals surface area contributed by atoms with E-state index >= 15 is 0 Å². The SMILES string of the molecule is CC(C)(C)n1ncc2c1CCCC2NC(=O)COCC1CC1. The Labute approximate surface area is 132 Å². The molecule has 0 radical (unpaired) electrons. The summed E-state index contributed by atoms with van der Waals surface area (Å²) in [5, 5.41) is 7.67. The third kappa shape index (κ3) is 3.51. The fourth-order valence-electron chi connectivity index (χ4n) is 3.12. The highest BCUT2D eigenvalue weighted by Crippen LogP contribution is 2.32. The van der Waals surface area contributed by atoms with Crippen LogP contribution in [0.5, 0.6) is 0 Å². The molecule has 122 valence electrons. The van der Waals surface area contributed by atoms with Gasteiger partial charge in [-0.2, -0.15) is 5.10 Å². The van der Waals surface area contributed by atoms with Crippen LogP contribution in [0.4, 0.5) is 0 Å². The van der Waals surface area contributed by atoms with Crippen molar-refractivity contribution in [1.82, 2.24) is 15.1 Å². The fourth-order valence-corrected chi connectivity index (χ4v) is 3.12. The standard InChI is InChI=1S/C17H27N3O2/c1-17(2,3)20-15-6-4-5-14(13(15)9-18-20)19-16(21)11-22-10-12-7-8-12/h9,12,14H,4-8,10-11H2,1-3H3,(H,19,21). The monoisotopic (exact) mass is 305 g/mol. The van der Waals surface area contributed by atoms with Gasteiger partial charge in [0.2, 0.25) is 5.91 Å². The second kappa shape index (κ2) is 6.03. The van der Waals surface area contributed by atoms with Crippen LogP contribution in [0.3, 0.4) is 0 Å². The average molecular weight is 305 g/mol. The summed E-state index contributed by atoms with van der Waals surface area (Å²) in [7, 11) is 0. The van der Waals surface area contributed by atoms with Crippen molar-refractivity contribution in [2.45, 2.75) is 64.5 Å². The minimum Gasteiger partial charge on any atom is -0.371 e. The van der Waals surface area contributed by atoms with E-state index in [4.69, 9.17) is 4.74 Å². The zero-order valence-corrected chi connectivity index (χ0v) is 13.9. The first-order chi connectivity index (χ1) is 10.4. The lowest BCUT2D eigenvalue weighted by molar-refractivity contribution is -0.126. The van der Waals surface area contributed by atoms with E-state index in [9.17, 15) is 4.79 Å². The molecule has 0 aromatic carbocycles. The van der Waals surface area contributed by atoms with E-state index in [1.807, 2.05) is 6.20 Å². The van der Waals surface area contributed by atoms with Crippen LogP contribution >= 0.6 is 0 Å². The lowest BCUT2D eigenvalue weighted by Crippen LogP contribution is -2.34. The third-order valence-electron chi connectivity index (χ3n) is 4.44. The first-order valence-corrected chi connectivity index (χ1v) is 8.39. The van der Waals surface area contributed by atoms with E-state index < -0.39 is 0 Å². The summed E-state index contributed by atoms with van der Waals surface area (Å²) >= 11 is 0. The van der Waals surface area contributed by atoms with Crippen molar-refractivity contribution in [3.05, 3.63) is 17.5 Å². The number of carbonyl (C=O) groups excluding carboxylic acids is 1. The van der Waals surface area contributed by atoms with Gasteiger partial charge in [0.05, 0.1) is 24.4 Å². The van der Waals surface area contributed by atoms with Gasteiger partial charge < -0.3 is 10.1 Å². The second-order valence-electron chi connectivity index (χ2n) is 7.60. The molecule has 0 spiro atoms. The van der Waals surface area contributed by atoms with E-state index in [2.05, 4.69) is 35.9 Å². The van der Waals surface area contributed by atoms with Gasteiger partial charge in [-0.05, 0) is 58.8 Å². The molecule has 3 rings (SSSR count). The molecular weight excluding hydrogens is 278 g/mol. The number of ether oxygens (including phenoxy) is 1. The van der Waals surface area contributed by atoms with E-state index in [1.54, 1.807) is 0 Å². The van der Waals surface area contributed by atoms with Gasteiger partial charge in [0.15, 0.2) is 0 Å². The molecule has 5 nitrogen and oxygen atoms in total. The van der Waals surface area contributed by atoms with Gasteiger partial charge in [0.1, 0.15) is 6.61 Å². The Morgan fingerprint density at radius 1 is 1.41 bits per heavy atom. The van der Waals surface area contributed by atoms with Crippen molar-refractivity contribution in [2.75, 3.05) is 13.2 Å². The van der Waals surface area contributed by atoms with Gasteiger partial charge in [-0.15, -0.1) is 0 Å². The predicted molar refractivity (Wildman–Crippen MR) is 84.6 cm³/mol. The number of nitrogens with zero attached hydrogens (tertiary/aromatic N) is 2. The minimum absolute atomic E-state index is 0.0120. The van der Waals surface area contributed by atoms with Crippen molar-refractivity contribution in [1.29, 1.82) is 0 Å². The van der Waals surface area contributed by atoms with Gasteiger partial charge >= 0.3 is 0 Å². The first-order valence-electron chi connectivity index (χ1n) is 8.39. The number of aromatic nitrogens is 2. The van der Waals surface area contributed by atoms with Crippen molar-refractivity contribution in [2.24, 2.45) is 5.92 Å². The van der Waals surface area contributed by atoms with Crippen molar-refractivity contribution >= 4 is 5.91 Å². The molecule has 1 N–H and O–H groups in total. The Morgan fingerprint density at radius 2 is 2.18 bits per heavy atom. The Hall–Kier alpha value is -1.36. The van der Waals surface area contributed by atoms with Crippen LogP contribution in [0, 0.1) is 5.92 Å². The molecular formula is C17H27N3O2. The minimum atomic E-state index is -0.0210. The highest BCUT2D eigenvalue weighted by Gasteiger charge is 2.29. The molecule has 1 saturated carbocycles. The quantitative estimate of drug-likeness (QED) is 0.909. The molecule has 1 heterocycles. The Balaban J connectivity index is 1.61. The molecule has 22 heavy (non-hydrogen) atoms. The lowest BCUT2D eigenvalue weighted by atomic mass is 9.92. The topological polar surface area (TPSA) is 56.2 Å². The third-order valence-corrected chi connectivity index (χ3v) is 4.44. The van der Waals surface area contributed by atoms with Crippen LogP contribution < -0.4 is 5.32 Å². The zero-order valence-electron chi connectivity index (χ0n) is 13.9. The molecule has 5 heteroatoms. The maximum Gasteiger partial charge on any atom is 0.246 e. The summed E-state index contributed by atoms with van der Waals surface area (Å²) in [6, 6.07) is 0.0804. The summed E-state index contributed by atoms with van der Waals surface area (Å²) in [6.45, 7) is 7.39. The van der Waals surface area contributed by atoms with Crippen molar-refractivity contribution < 1.29 is 9.53 Å². The van der Waals surface area contributed by atoms with Crippen LogP contribution in [0.2, 0.25) is 0 Å². The Bertz CT molecular complexity index is 541. The number of fused-ring (bicyclic) bond motifs is 1. The van der Waals surface area contributed by atoms with Crippen LogP contribution in [0.1, 0.15) is 63.8 Å². The molecule has 1 unspecified atom stereocenters. The molecule has 0 saturated heterocycles. The summed E-state index contributed by atoms with van der Waals surface area (Å²) in [4.78, 5) is 12.1. The summed E-state index contributed by atoms with van der Waals surface area (Å²) in [6.07, 6.45) is 7.53. The maximum absolute atomic E-state index is 12.1. The molecule has 1 aromatic heterocycles. The average Bonchev–Trinajstić information content (AvgIpc) is 3.14. The lowest BCUT2D eigenvalue weighted by Gasteiger charge is -2.28. The van der Waals surface area contributed by atoms with Crippen molar-refractivity contribution in [3.8, 4) is 0 Å². The fraction of sp³-hybridized carbons (Fsp3) is 0.765. The second-order valence-corrected chi connectivity index (χ2v) is 7.60. The van der Waals surface area contributed by atoms with Crippen LogP contribution in [0.15, 0.2) is 6.20 Å². The number of hydrogen-bond acceptors (Lipinski definition) is 3. The van der Waals surface area contributed by atoms with Crippen LogP contribution in [-0.4, -0.2) is 28.9 Å².